The Labute approximate surface area is 112 Å². The third-order valence-electron chi connectivity index (χ3n) is 2.64. The van der Waals surface area contributed by atoms with Crippen molar-refractivity contribution in [2.24, 2.45) is 5.73 Å². The van der Waals surface area contributed by atoms with E-state index < -0.39 is 11.7 Å². The fourth-order valence-electron chi connectivity index (χ4n) is 1.76. The summed E-state index contributed by atoms with van der Waals surface area (Å²) in [6.07, 6.45) is -3.48. The van der Waals surface area contributed by atoms with E-state index in [-0.39, 0.29) is 21.9 Å². The van der Waals surface area contributed by atoms with Gasteiger partial charge in [0, 0.05) is 11.8 Å². The van der Waals surface area contributed by atoms with Crippen LogP contribution in [-0.4, -0.2) is 16.5 Å². The van der Waals surface area contributed by atoms with Gasteiger partial charge in [-0.25, -0.2) is 9.97 Å². The Balaban J connectivity index is 2.62. The lowest BCUT2D eigenvalue weighted by Gasteiger charge is -2.11. The average molecular weight is 290 g/mol. The molecule has 7 heteroatoms. The van der Waals surface area contributed by atoms with Crippen LogP contribution in [0.1, 0.15) is 17.8 Å². The van der Waals surface area contributed by atoms with E-state index in [1.807, 2.05) is 0 Å². The summed E-state index contributed by atoms with van der Waals surface area (Å²) in [5.74, 6) is 0.277. The minimum absolute atomic E-state index is 0.0307. The molecule has 0 amide bonds. The zero-order chi connectivity index (χ0) is 14.0. The predicted molar refractivity (Wildman–Crippen MR) is 66.9 cm³/mol. The van der Waals surface area contributed by atoms with E-state index in [1.165, 1.54) is 12.1 Å². The first-order valence-electron chi connectivity index (χ1n) is 5.66. The van der Waals surface area contributed by atoms with Gasteiger partial charge in [-0.15, -0.1) is 0 Å². The second-order valence-electron chi connectivity index (χ2n) is 4.02. The van der Waals surface area contributed by atoms with Crippen molar-refractivity contribution in [1.29, 1.82) is 0 Å². The SMILES string of the molecule is NCCCc1nc(Cl)c2cccc(C(F)(F)F)c2n1. The summed E-state index contributed by atoms with van der Waals surface area (Å²) in [5, 5.41) is 0.233. The van der Waals surface area contributed by atoms with Crippen molar-refractivity contribution in [1.82, 2.24) is 9.97 Å². The number of aromatic nitrogens is 2. The number of fused-ring (bicyclic) bond motifs is 1. The molecule has 0 radical (unpaired) electrons. The van der Waals surface area contributed by atoms with Gasteiger partial charge in [-0.05, 0) is 25.1 Å². The van der Waals surface area contributed by atoms with Gasteiger partial charge < -0.3 is 5.73 Å². The van der Waals surface area contributed by atoms with Crippen LogP contribution in [0.4, 0.5) is 13.2 Å². The van der Waals surface area contributed by atoms with Crippen molar-refractivity contribution < 1.29 is 13.2 Å². The number of para-hydroxylation sites is 1. The third-order valence-corrected chi connectivity index (χ3v) is 2.92. The Kier molecular flexibility index (Phi) is 3.91. The molecule has 1 heterocycles. The Hall–Kier alpha value is -1.40. The van der Waals surface area contributed by atoms with Gasteiger partial charge in [0.15, 0.2) is 0 Å². The highest BCUT2D eigenvalue weighted by Crippen LogP contribution is 2.35. The standard InChI is InChI=1S/C12H11ClF3N3/c13-11-7-3-1-4-8(12(14,15)16)10(7)18-9(19-11)5-2-6-17/h1,3-4H,2,5-6,17H2. The number of alkyl halides is 3. The van der Waals surface area contributed by atoms with Gasteiger partial charge >= 0.3 is 6.18 Å². The fourth-order valence-corrected chi connectivity index (χ4v) is 2.01. The lowest BCUT2D eigenvalue weighted by molar-refractivity contribution is -0.136. The van der Waals surface area contributed by atoms with Crippen LogP contribution in [0.5, 0.6) is 0 Å². The van der Waals surface area contributed by atoms with Crippen molar-refractivity contribution in [3.8, 4) is 0 Å². The smallest absolute Gasteiger partial charge is 0.330 e. The fraction of sp³-hybridized carbons (Fsp3) is 0.333. The third kappa shape index (κ3) is 2.96. The summed E-state index contributed by atoms with van der Waals surface area (Å²) in [6, 6.07) is 3.75. The summed E-state index contributed by atoms with van der Waals surface area (Å²) >= 11 is 5.91. The van der Waals surface area contributed by atoms with Gasteiger partial charge in [0.1, 0.15) is 11.0 Å². The van der Waals surface area contributed by atoms with E-state index in [9.17, 15) is 13.2 Å². The highest BCUT2D eigenvalue weighted by atomic mass is 35.5. The number of hydrogen-bond donors (Lipinski definition) is 1. The molecular weight excluding hydrogens is 279 g/mol. The van der Waals surface area contributed by atoms with E-state index in [4.69, 9.17) is 17.3 Å². The summed E-state index contributed by atoms with van der Waals surface area (Å²) in [7, 11) is 0. The van der Waals surface area contributed by atoms with E-state index in [2.05, 4.69) is 9.97 Å². The van der Waals surface area contributed by atoms with E-state index in [0.717, 1.165) is 6.07 Å². The summed E-state index contributed by atoms with van der Waals surface area (Å²) < 4.78 is 38.7. The highest BCUT2D eigenvalue weighted by Gasteiger charge is 2.33. The summed E-state index contributed by atoms with van der Waals surface area (Å²) in [5.41, 5.74) is 4.39. The lowest BCUT2D eigenvalue weighted by Crippen LogP contribution is -2.09. The first-order chi connectivity index (χ1) is 8.93. The maximum atomic E-state index is 12.9. The molecular formula is C12H11ClF3N3. The number of nitrogens with two attached hydrogens (primary N) is 1. The van der Waals surface area contributed by atoms with E-state index in [1.54, 1.807) is 0 Å². The first kappa shape index (κ1) is 14.0. The van der Waals surface area contributed by atoms with Gasteiger partial charge in [0.2, 0.25) is 0 Å². The number of rotatable bonds is 3. The maximum Gasteiger partial charge on any atom is 0.418 e. The van der Waals surface area contributed by atoms with Crippen LogP contribution >= 0.6 is 11.6 Å². The lowest BCUT2D eigenvalue weighted by atomic mass is 10.1. The van der Waals surface area contributed by atoms with Crippen molar-refractivity contribution in [2.45, 2.75) is 19.0 Å². The van der Waals surface area contributed by atoms with Gasteiger partial charge in [0.05, 0.1) is 11.1 Å². The van der Waals surface area contributed by atoms with Crippen LogP contribution in [0.15, 0.2) is 18.2 Å². The number of hydrogen-bond acceptors (Lipinski definition) is 3. The molecule has 0 bridgehead atoms. The molecule has 0 fully saturated rings. The molecule has 2 aromatic rings. The van der Waals surface area contributed by atoms with E-state index >= 15 is 0 Å². The molecule has 0 saturated carbocycles. The van der Waals surface area contributed by atoms with Crippen molar-refractivity contribution >= 4 is 22.5 Å². The molecule has 0 spiro atoms. The Bertz CT molecular complexity index is 599. The van der Waals surface area contributed by atoms with Crippen molar-refractivity contribution in [3.63, 3.8) is 0 Å². The number of nitrogens with zero attached hydrogens (tertiary/aromatic N) is 2. The normalized spacial score (nSPS) is 12.1. The van der Waals surface area contributed by atoms with Crippen LogP contribution in [0.3, 0.4) is 0 Å². The van der Waals surface area contributed by atoms with Crippen LogP contribution in [0.25, 0.3) is 10.9 Å². The molecule has 1 aromatic carbocycles. The minimum atomic E-state index is -4.47. The molecule has 0 unspecified atom stereocenters. The van der Waals surface area contributed by atoms with Gasteiger partial charge in [-0.2, -0.15) is 13.2 Å². The molecule has 0 atom stereocenters. The quantitative estimate of drug-likeness (QED) is 0.883. The zero-order valence-electron chi connectivity index (χ0n) is 9.84. The molecule has 0 aliphatic carbocycles. The second-order valence-corrected chi connectivity index (χ2v) is 4.38. The van der Waals surface area contributed by atoms with Crippen molar-refractivity contribution in [2.75, 3.05) is 6.54 Å². The monoisotopic (exact) mass is 289 g/mol. The van der Waals surface area contributed by atoms with Gasteiger partial charge in [-0.1, -0.05) is 17.7 Å². The molecule has 2 rings (SSSR count). The zero-order valence-corrected chi connectivity index (χ0v) is 10.6. The van der Waals surface area contributed by atoms with E-state index in [0.29, 0.717) is 19.4 Å². The van der Waals surface area contributed by atoms with Gasteiger partial charge in [0.25, 0.3) is 0 Å². The molecule has 3 nitrogen and oxygen atoms in total. The van der Waals surface area contributed by atoms with Crippen molar-refractivity contribution in [3.05, 3.63) is 34.7 Å². The molecule has 0 aliphatic heterocycles. The largest absolute Gasteiger partial charge is 0.418 e. The highest BCUT2D eigenvalue weighted by molar-refractivity contribution is 6.34. The Morgan fingerprint density at radius 1 is 1.21 bits per heavy atom. The first-order valence-corrected chi connectivity index (χ1v) is 6.03. The summed E-state index contributed by atoms with van der Waals surface area (Å²) in [6.45, 7) is 0.417. The molecule has 2 N–H and O–H groups in total. The maximum absolute atomic E-state index is 12.9. The van der Waals surface area contributed by atoms with Crippen LogP contribution < -0.4 is 5.73 Å². The summed E-state index contributed by atoms with van der Waals surface area (Å²) in [4.78, 5) is 7.96. The average Bonchev–Trinajstić information content (AvgIpc) is 2.34. The topological polar surface area (TPSA) is 51.8 Å². The Morgan fingerprint density at radius 2 is 1.95 bits per heavy atom. The molecule has 1 aromatic heterocycles. The van der Waals surface area contributed by atoms with Crippen LogP contribution in [0, 0.1) is 0 Å². The minimum Gasteiger partial charge on any atom is -0.330 e. The number of aryl methyl sites for hydroxylation is 1. The number of benzene rings is 1. The van der Waals surface area contributed by atoms with Gasteiger partial charge in [-0.3, -0.25) is 0 Å². The molecule has 19 heavy (non-hydrogen) atoms. The number of halogens is 4. The van der Waals surface area contributed by atoms with Crippen LogP contribution in [-0.2, 0) is 12.6 Å². The molecule has 0 saturated heterocycles. The van der Waals surface area contributed by atoms with Crippen LogP contribution in [0.2, 0.25) is 5.15 Å². The Morgan fingerprint density at radius 3 is 2.58 bits per heavy atom. The predicted octanol–water partition coefficient (Wildman–Crippen LogP) is 3.19. The second kappa shape index (κ2) is 5.30. The molecule has 0 aliphatic rings. The molecule has 102 valence electrons.